The van der Waals surface area contributed by atoms with Crippen molar-refractivity contribution in [3.63, 3.8) is 0 Å². The molecular weight excluding hydrogens is 306 g/mol. The van der Waals surface area contributed by atoms with E-state index in [1.54, 1.807) is 27.7 Å². The van der Waals surface area contributed by atoms with Gasteiger partial charge in [0.1, 0.15) is 6.33 Å². The molecule has 1 aromatic carbocycles. The molecule has 2 aliphatic heterocycles. The van der Waals surface area contributed by atoms with E-state index < -0.39 is 5.97 Å². The van der Waals surface area contributed by atoms with Crippen molar-refractivity contribution in [2.24, 2.45) is 0 Å². The van der Waals surface area contributed by atoms with E-state index >= 15 is 0 Å². The topological polar surface area (TPSA) is 75.4 Å². The van der Waals surface area contributed by atoms with E-state index in [-0.39, 0.29) is 17.6 Å². The molecule has 112 valence electrons. The van der Waals surface area contributed by atoms with Gasteiger partial charge in [-0.1, -0.05) is 17.7 Å². The number of carbonyl (C=O) groups excluding carboxylic acids is 1. The van der Waals surface area contributed by atoms with Gasteiger partial charge in [-0.05, 0) is 25.0 Å². The summed E-state index contributed by atoms with van der Waals surface area (Å²) < 4.78 is 1.69. The summed E-state index contributed by atoms with van der Waals surface area (Å²) in [5.41, 5.74) is 1.54. The van der Waals surface area contributed by atoms with Crippen LogP contribution < -0.4 is 0 Å². The van der Waals surface area contributed by atoms with Crippen molar-refractivity contribution in [3.8, 4) is 5.69 Å². The van der Waals surface area contributed by atoms with Crippen LogP contribution in [0.3, 0.4) is 0 Å². The number of hydrogen-bond donors (Lipinski definition) is 1. The molecule has 1 aromatic heterocycles. The van der Waals surface area contributed by atoms with E-state index in [2.05, 4.69) is 4.98 Å². The molecule has 1 amide bonds. The molecule has 22 heavy (non-hydrogen) atoms. The highest BCUT2D eigenvalue weighted by Crippen LogP contribution is 2.41. The Morgan fingerprint density at radius 1 is 1.41 bits per heavy atom. The molecule has 0 aliphatic carbocycles. The van der Waals surface area contributed by atoms with Crippen LogP contribution in [0.15, 0.2) is 24.5 Å². The lowest BCUT2D eigenvalue weighted by Crippen LogP contribution is -2.30. The Morgan fingerprint density at radius 3 is 3.00 bits per heavy atom. The fourth-order valence-electron chi connectivity index (χ4n) is 3.40. The minimum absolute atomic E-state index is 0.00229. The van der Waals surface area contributed by atoms with Gasteiger partial charge in [-0.3, -0.25) is 9.36 Å². The number of nitrogens with zero attached hydrogens (tertiary/aromatic N) is 3. The number of aromatic nitrogens is 2. The molecule has 0 radical (unpaired) electrons. The van der Waals surface area contributed by atoms with Crippen LogP contribution in [0.25, 0.3) is 5.69 Å². The Bertz CT molecular complexity index is 814. The smallest absolute Gasteiger partial charge is 0.356 e. The number of halogens is 1. The molecule has 1 unspecified atom stereocenters. The van der Waals surface area contributed by atoms with Gasteiger partial charge in [0.2, 0.25) is 0 Å². The van der Waals surface area contributed by atoms with Crippen molar-refractivity contribution in [2.75, 3.05) is 6.54 Å². The summed E-state index contributed by atoms with van der Waals surface area (Å²) in [6.45, 7) is 0.596. The minimum Gasteiger partial charge on any atom is -0.476 e. The number of imidazole rings is 1. The zero-order chi connectivity index (χ0) is 15.4. The van der Waals surface area contributed by atoms with Crippen LogP contribution in [0.5, 0.6) is 0 Å². The van der Waals surface area contributed by atoms with Crippen LogP contribution in [0.4, 0.5) is 0 Å². The predicted molar refractivity (Wildman–Crippen MR) is 78.5 cm³/mol. The fourth-order valence-corrected chi connectivity index (χ4v) is 3.65. The van der Waals surface area contributed by atoms with Crippen LogP contribution in [0.1, 0.15) is 45.4 Å². The Morgan fingerprint density at radius 2 is 2.23 bits per heavy atom. The van der Waals surface area contributed by atoms with Crippen molar-refractivity contribution in [1.29, 1.82) is 0 Å². The summed E-state index contributed by atoms with van der Waals surface area (Å²) in [5.74, 6) is -1.23. The van der Waals surface area contributed by atoms with E-state index in [9.17, 15) is 14.7 Å². The van der Waals surface area contributed by atoms with Crippen LogP contribution in [0, 0.1) is 0 Å². The SMILES string of the molecule is O=C(O)c1ncn2c1C1CCCN1C(=O)c1c(Cl)cccc1-2. The summed E-state index contributed by atoms with van der Waals surface area (Å²) in [5, 5.41) is 9.77. The maximum absolute atomic E-state index is 12.8. The van der Waals surface area contributed by atoms with Crippen LogP contribution in [-0.4, -0.2) is 38.0 Å². The first-order valence-corrected chi connectivity index (χ1v) is 7.37. The highest BCUT2D eigenvalue weighted by atomic mass is 35.5. The third-order valence-electron chi connectivity index (χ3n) is 4.30. The van der Waals surface area contributed by atoms with Gasteiger partial charge in [0.05, 0.1) is 28.0 Å². The Hall–Kier alpha value is -2.34. The number of carboxylic acids is 1. The first kappa shape index (κ1) is 13.3. The number of benzene rings is 1. The van der Waals surface area contributed by atoms with E-state index in [0.29, 0.717) is 28.5 Å². The third-order valence-corrected chi connectivity index (χ3v) is 4.62. The lowest BCUT2D eigenvalue weighted by atomic mass is 10.1. The van der Waals surface area contributed by atoms with E-state index in [1.165, 1.54) is 6.33 Å². The van der Waals surface area contributed by atoms with E-state index in [0.717, 1.165) is 12.8 Å². The quantitative estimate of drug-likeness (QED) is 0.877. The van der Waals surface area contributed by atoms with Crippen molar-refractivity contribution in [2.45, 2.75) is 18.9 Å². The molecule has 0 saturated carbocycles. The lowest BCUT2D eigenvalue weighted by molar-refractivity contribution is 0.0673. The third kappa shape index (κ3) is 1.64. The second kappa shape index (κ2) is 4.58. The molecule has 1 fully saturated rings. The highest BCUT2D eigenvalue weighted by Gasteiger charge is 2.40. The van der Waals surface area contributed by atoms with Gasteiger partial charge in [-0.2, -0.15) is 0 Å². The minimum atomic E-state index is -1.08. The number of carbonyl (C=O) groups is 2. The molecule has 4 rings (SSSR count). The zero-order valence-corrected chi connectivity index (χ0v) is 12.2. The predicted octanol–water partition coefficient (Wildman–Crippen LogP) is 2.51. The monoisotopic (exact) mass is 317 g/mol. The number of fused-ring (bicyclic) bond motifs is 5. The number of aromatic carboxylic acids is 1. The Labute approximate surface area is 130 Å². The summed E-state index contributed by atoms with van der Waals surface area (Å²) in [6.07, 6.45) is 3.02. The normalized spacial score (nSPS) is 19.4. The average molecular weight is 318 g/mol. The standard InChI is InChI=1S/C15H12ClN3O3/c16-8-3-1-4-9-11(8)14(20)18-6-2-5-10(18)13-12(15(21)22)17-7-19(9)13/h1,3-4,7,10H,2,5-6H2,(H,21,22). The number of hydrogen-bond acceptors (Lipinski definition) is 3. The van der Waals surface area contributed by atoms with Crippen molar-refractivity contribution < 1.29 is 14.7 Å². The van der Waals surface area contributed by atoms with Crippen LogP contribution in [-0.2, 0) is 0 Å². The maximum atomic E-state index is 12.8. The van der Waals surface area contributed by atoms with Crippen LogP contribution >= 0.6 is 11.6 Å². The van der Waals surface area contributed by atoms with Gasteiger partial charge in [-0.25, -0.2) is 9.78 Å². The summed E-state index contributed by atoms with van der Waals surface area (Å²) in [7, 11) is 0. The lowest BCUT2D eigenvalue weighted by Gasteiger charge is -2.22. The first-order chi connectivity index (χ1) is 10.6. The van der Waals surface area contributed by atoms with Gasteiger partial charge in [0, 0.05) is 6.54 Å². The molecule has 2 aromatic rings. The zero-order valence-electron chi connectivity index (χ0n) is 11.5. The Balaban J connectivity index is 2.08. The molecule has 0 spiro atoms. The van der Waals surface area contributed by atoms with Crippen molar-refractivity contribution in [1.82, 2.24) is 14.5 Å². The Kier molecular flexibility index (Phi) is 2.77. The second-order valence-corrected chi connectivity index (χ2v) is 5.85. The van der Waals surface area contributed by atoms with Gasteiger partial charge in [0.15, 0.2) is 5.69 Å². The molecule has 0 bridgehead atoms. The average Bonchev–Trinajstić information content (AvgIpc) is 3.10. The summed E-state index contributed by atoms with van der Waals surface area (Å²) in [6, 6.07) is 4.90. The van der Waals surface area contributed by atoms with Gasteiger partial charge in [0.25, 0.3) is 5.91 Å². The van der Waals surface area contributed by atoms with Gasteiger partial charge < -0.3 is 10.0 Å². The van der Waals surface area contributed by atoms with Gasteiger partial charge in [-0.15, -0.1) is 0 Å². The van der Waals surface area contributed by atoms with E-state index in [4.69, 9.17) is 11.6 Å². The largest absolute Gasteiger partial charge is 0.476 e. The van der Waals surface area contributed by atoms with E-state index in [1.807, 2.05) is 0 Å². The second-order valence-electron chi connectivity index (χ2n) is 5.44. The van der Waals surface area contributed by atoms with Crippen molar-refractivity contribution in [3.05, 3.63) is 46.5 Å². The maximum Gasteiger partial charge on any atom is 0.356 e. The van der Waals surface area contributed by atoms with Crippen molar-refractivity contribution >= 4 is 23.5 Å². The summed E-state index contributed by atoms with van der Waals surface area (Å²) in [4.78, 5) is 30.1. The molecule has 1 saturated heterocycles. The fraction of sp³-hybridized carbons (Fsp3) is 0.267. The number of carboxylic acid groups (broad SMARTS) is 1. The van der Waals surface area contributed by atoms with Crippen LogP contribution in [0.2, 0.25) is 5.02 Å². The molecule has 1 N–H and O–H groups in total. The highest BCUT2D eigenvalue weighted by molar-refractivity contribution is 6.34. The molecule has 2 aliphatic rings. The summed E-state index contributed by atoms with van der Waals surface area (Å²) >= 11 is 6.24. The molecular formula is C15H12ClN3O3. The molecule has 6 nitrogen and oxygen atoms in total. The molecule has 3 heterocycles. The first-order valence-electron chi connectivity index (χ1n) is 7.00. The number of rotatable bonds is 1. The number of amides is 1. The molecule has 1 atom stereocenters. The molecule has 7 heteroatoms. The van der Waals surface area contributed by atoms with Gasteiger partial charge >= 0.3 is 5.97 Å².